The molecule has 0 fully saturated rings. The molecule has 0 unspecified atom stereocenters. The van der Waals surface area contributed by atoms with Crippen LogP contribution in [0.4, 0.5) is 0 Å². The second-order valence-corrected chi connectivity index (χ2v) is 5.62. The van der Waals surface area contributed by atoms with E-state index in [0.29, 0.717) is 0 Å². The summed E-state index contributed by atoms with van der Waals surface area (Å²) in [6, 6.07) is 6.19. The SMILES string of the molecule is CCC(CC)Cn1cc(CNC)c2ccc(Cl)cc21. The molecule has 0 aliphatic rings. The van der Waals surface area contributed by atoms with Crippen LogP contribution < -0.4 is 5.32 Å². The zero-order valence-electron chi connectivity index (χ0n) is 12.0. The highest BCUT2D eigenvalue weighted by Gasteiger charge is 2.11. The standard InChI is InChI=1S/C16H23ClN2/c1-4-12(5-2)10-19-11-13(9-18-3)15-7-6-14(17)8-16(15)19/h6-8,11-12,18H,4-5,9-10H2,1-3H3. The average Bonchev–Trinajstić information content (AvgIpc) is 2.74. The van der Waals surface area contributed by atoms with Crippen molar-refractivity contribution in [1.82, 2.24) is 9.88 Å². The van der Waals surface area contributed by atoms with E-state index in [9.17, 15) is 0 Å². The van der Waals surface area contributed by atoms with Gasteiger partial charge in [0.15, 0.2) is 0 Å². The number of aromatic nitrogens is 1. The summed E-state index contributed by atoms with van der Waals surface area (Å²) in [5.41, 5.74) is 2.60. The molecule has 0 saturated carbocycles. The molecule has 0 bridgehead atoms. The summed E-state index contributed by atoms with van der Waals surface area (Å²) in [5, 5.41) is 5.36. The summed E-state index contributed by atoms with van der Waals surface area (Å²) < 4.78 is 2.37. The number of hydrogen-bond donors (Lipinski definition) is 1. The minimum Gasteiger partial charge on any atom is -0.347 e. The van der Waals surface area contributed by atoms with Gasteiger partial charge in [-0.25, -0.2) is 0 Å². The maximum absolute atomic E-state index is 6.15. The molecule has 1 aromatic heterocycles. The van der Waals surface area contributed by atoms with Crippen LogP contribution in [0.5, 0.6) is 0 Å². The van der Waals surface area contributed by atoms with Gasteiger partial charge in [0, 0.05) is 35.2 Å². The molecular weight excluding hydrogens is 256 g/mol. The minimum absolute atomic E-state index is 0.733. The Balaban J connectivity index is 2.44. The van der Waals surface area contributed by atoms with Crippen molar-refractivity contribution in [1.29, 1.82) is 0 Å². The van der Waals surface area contributed by atoms with E-state index in [1.165, 1.54) is 29.3 Å². The molecule has 1 heterocycles. The van der Waals surface area contributed by atoms with E-state index in [-0.39, 0.29) is 0 Å². The first-order valence-corrected chi connectivity index (χ1v) is 7.49. The molecule has 0 atom stereocenters. The van der Waals surface area contributed by atoms with Gasteiger partial charge in [-0.15, -0.1) is 0 Å². The summed E-state index contributed by atoms with van der Waals surface area (Å²) in [5.74, 6) is 0.733. The van der Waals surface area contributed by atoms with Crippen LogP contribution in [0.1, 0.15) is 32.3 Å². The van der Waals surface area contributed by atoms with Gasteiger partial charge in [0.25, 0.3) is 0 Å². The zero-order valence-corrected chi connectivity index (χ0v) is 12.8. The van der Waals surface area contributed by atoms with Gasteiger partial charge < -0.3 is 9.88 Å². The van der Waals surface area contributed by atoms with Gasteiger partial charge in [0.2, 0.25) is 0 Å². The fourth-order valence-corrected chi connectivity index (χ4v) is 2.81. The second-order valence-electron chi connectivity index (χ2n) is 5.18. The number of nitrogens with zero attached hydrogens (tertiary/aromatic N) is 1. The Bertz CT molecular complexity index is 541. The highest BCUT2D eigenvalue weighted by Crippen LogP contribution is 2.26. The zero-order chi connectivity index (χ0) is 13.8. The molecule has 1 N–H and O–H groups in total. The van der Waals surface area contributed by atoms with Crippen LogP contribution in [-0.2, 0) is 13.1 Å². The molecule has 104 valence electrons. The summed E-state index contributed by atoms with van der Waals surface area (Å²) >= 11 is 6.15. The third-order valence-corrected chi connectivity index (χ3v) is 4.14. The molecule has 0 aliphatic carbocycles. The third kappa shape index (κ3) is 3.13. The minimum atomic E-state index is 0.733. The van der Waals surface area contributed by atoms with Crippen molar-refractivity contribution in [3.05, 3.63) is 35.0 Å². The van der Waals surface area contributed by atoms with Gasteiger partial charge in [-0.2, -0.15) is 0 Å². The van der Waals surface area contributed by atoms with Gasteiger partial charge in [-0.3, -0.25) is 0 Å². The Kier molecular flexibility index (Phi) is 4.89. The molecule has 2 rings (SSSR count). The van der Waals surface area contributed by atoms with E-state index < -0.39 is 0 Å². The molecule has 2 aromatic rings. The lowest BCUT2D eigenvalue weighted by Gasteiger charge is -2.14. The molecule has 0 saturated heterocycles. The smallest absolute Gasteiger partial charge is 0.0498 e. The van der Waals surface area contributed by atoms with Gasteiger partial charge in [0.1, 0.15) is 0 Å². The first-order chi connectivity index (χ1) is 9.19. The predicted octanol–water partition coefficient (Wildman–Crippen LogP) is 4.45. The van der Waals surface area contributed by atoms with Gasteiger partial charge in [-0.05, 0) is 30.7 Å². The van der Waals surface area contributed by atoms with Gasteiger partial charge in [-0.1, -0.05) is 44.4 Å². The Morgan fingerprint density at radius 1 is 1.26 bits per heavy atom. The number of benzene rings is 1. The van der Waals surface area contributed by atoms with Crippen LogP contribution in [0.3, 0.4) is 0 Å². The summed E-state index contributed by atoms with van der Waals surface area (Å²) in [4.78, 5) is 0. The predicted molar refractivity (Wildman–Crippen MR) is 83.8 cm³/mol. The van der Waals surface area contributed by atoms with E-state index >= 15 is 0 Å². The van der Waals surface area contributed by atoms with E-state index in [2.05, 4.69) is 42.1 Å². The molecule has 19 heavy (non-hydrogen) atoms. The topological polar surface area (TPSA) is 17.0 Å². The largest absolute Gasteiger partial charge is 0.347 e. The number of halogens is 1. The highest BCUT2D eigenvalue weighted by atomic mass is 35.5. The Labute approximate surface area is 120 Å². The molecule has 3 heteroatoms. The number of fused-ring (bicyclic) bond motifs is 1. The van der Waals surface area contributed by atoms with Crippen molar-refractivity contribution in [3.63, 3.8) is 0 Å². The number of nitrogens with one attached hydrogen (secondary N) is 1. The maximum atomic E-state index is 6.15. The quantitative estimate of drug-likeness (QED) is 0.826. The highest BCUT2D eigenvalue weighted by molar-refractivity contribution is 6.31. The third-order valence-electron chi connectivity index (χ3n) is 3.90. The summed E-state index contributed by atoms with van der Waals surface area (Å²) in [6.07, 6.45) is 4.71. The molecular formula is C16H23ClN2. The van der Waals surface area contributed by atoms with Crippen LogP contribution in [0.15, 0.2) is 24.4 Å². The normalized spacial score (nSPS) is 11.6. The van der Waals surface area contributed by atoms with E-state index in [0.717, 1.165) is 24.0 Å². The van der Waals surface area contributed by atoms with Crippen molar-refractivity contribution in [2.45, 2.75) is 39.8 Å². The molecule has 0 aliphatic heterocycles. The second kappa shape index (κ2) is 6.44. The molecule has 0 spiro atoms. The summed E-state index contributed by atoms with van der Waals surface area (Å²) in [7, 11) is 1.99. The lowest BCUT2D eigenvalue weighted by atomic mass is 10.0. The molecule has 0 amide bonds. The molecule has 1 aromatic carbocycles. The first-order valence-electron chi connectivity index (χ1n) is 7.11. The van der Waals surface area contributed by atoms with Crippen LogP contribution in [-0.4, -0.2) is 11.6 Å². The van der Waals surface area contributed by atoms with Crippen molar-refractivity contribution in [2.24, 2.45) is 5.92 Å². The van der Waals surface area contributed by atoms with Crippen molar-refractivity contribution < 1.29 is 0 Å². The van der Waals surface area contributed by atoms with Crippen LogP contribution in [0.25, 0.3) is 10.9 Å². The van der Waals surface area contributed by atoms with Crippen molar-refractivity contribution in [3.8, 4) is 0 Å². The molecule has 0 radical (unpaired) electrons. The summed E-state index contributed by atoms with van der Waals surface area (Å²) in [6.45, 7) is 6.50. The number of hydrogen-bond acceptors (Lipinski definition) is 1. The lowest BCUT2D eigenvalue weighted by Crippen LogP contribution is -2.08. The lowest BCUT2D eigenvalue weighted by molar-refractivity contribution is 0.425. The van der Waals surface area contributed by atoms with Gasteiger partial charge in [0.05, 0.1) is 0 Å². The Morgan fingerprint density at radius 3 is 2.63 bits per heavy atom. The Hall–Kier alpha value is -0.990. The molecule has 2 nitrogen and oxygen atoms in total. The number of rotatable bonds is 6. The fourth-order valence-electron chi connectivity index (χ4n) is 2.65. The van der Waals surface area contributed by atoms with Crippen LogP contribution >= 0.6 is 11.6 Å². The van der Waals surface area contributed by atoms with Crippen molar-refractivity contribution >= 4 is 22.5 Å². The Morgan fingerprint density at radius 2 is 2.00 bits per heavy atom. The van der Waals surface area contributed by atoms with E-state index in [4.69, 9.17) is 11.6 Å². The average molecular weight is 279 g/mol. The maximum Gasteiger partial charge on any atom is 0.0498 e. The van der Waals surface area contributed by atoms with Crippen LogP contribution in [0, 0.1) is 5.92 Å². The van der Waals surface area contributed by atoms with E-state index in [1.807, 2.05) is 13.1 Å². The fraction of sp³-hybridized carbons (Fsp3) is 0.500. The van der Waals surface area contributed by atoms with Crippen molar-refractivity contribution in [2.75, 3.05) is 7.05 Å². The monoisotopic (exact) mass is 278 g/mol. The van der Waals surface area contributed by atoms with Gasteiger partial charge >= 0.3 is 0 Å². The van der Waals surface area contributed by atoms with E-state index in [1.54, 1.807) is 0 Å². The first kappa shape index (κ1) is 14.4. The van der Waals surface area contributed by atoms with Crippen LogP contribution in [0.2, 0.25) is 5.02 Å².